The average molecular weight is 272 g/mol. The Morgan fingerprint density at radius 2 is 2.21 bits per heavy atom. The van der Waals surface area contributed by atoms with E-state index in [1.54, 1.807) is 0 Å². The lowest BCUT2D eigenvalue weighted by atomic mass is 9.96. The first-order valence-electron chi connectivity index (χ1n) is 7.18. The largest absolute Gasteiger partial charge is 0.444 e. The van der Waals surface area contributed by atoms with E-state index in [1.807, 2.05) is 20.8 Å². The topological polar surface area (TPSA) is 73.6 Å². The molecule has 0 bridgehead atoms. The third-order valence-corrected chi connectivity index (χ3v) is 3.13. The van der Waals surface area contributed by atoms with E-state index in [4.69, 9.17) is 15.2 Å². The van der Waals surface area contributed by atoms with E-state index >= 15 is 0 Å². The molecule has 5 nitrogen and oxygen atoms in total. The second-order valence-electron chi connectivity index (χ2n) is 6.25. The van der Waals surface area contributed by atoms with Crippen molar-refractivity contribution in [1.29, 1.82) is 0 Å². The minimum absolute atomic E-state index is 0.0402. The van der Waals surface area contributed by atoms with Crippen molar-refractivity contribution in [3.05, 3.63) is 0 Å². The highest BCUT2D eigenvalue weighted by Gasteiger charge is 2.22. The molecule has 2 atom stereocenters. The summed E-state index contributed by atoms with van der Waals surface area (Å²) < 4.78 is 10.8. The van der Waals surface area contributed by atoms with Gasteiger partial charge in [-0.3, -0.25) is 0 Å². The predicted octanol–water partition coefficient (Wildman–Crippen LogP) is 2.05. The number of carbonyl (C=O) groups excluding carboxylic acids is 1. The zero-order valence-corrected chi connectivity index (χ0v) is 12.4. The van der Waals surface area contributed by atoms with E-state index < -0.39 is 11.7 Å². The maximum Gasteiger partial charge on any atom is 0.407 e. The number of rotatable bonds is 4. The molecule has 3 N–H and O–H groups in total. The highest BCUT2D eigenvalue weighted by atomic mass is 16.6. The third kappa shape index (κ3) is 7.38. The Kier molecular flexibility index (Phi) is 6.58. The van der Waals surface area contributed by atoms with Gasteiger partial charge < -0.3 is 20.5 Å². The van der Waals surface area contributed by atoms with Crippen LogP contribution in [-0.2, 0) is 9.47 Å². The van der Waals surface area contributed by atoms with E-state index in [0.717, 1.165) is 32.5 Å². The highest BCUT2D eigenvalue weighted by molar-refractivity contribution is 5.68. The zero-order chi connectivity index (χ0) is 14.3. The first kappa shape index (κ1) is 16.2. The van der Waals surface area contributed by atoms with Gasteiger partial charge >= 0.3 is 6.09 Å². The van der Waals surface area contributed by atoms with Crippen LogP contribution in [0.5, 0.6) is 0 Å². The molecule has 0 aromatic heterocycles. The van der Waals surface area contributed by atoms with Gasteiger partial charge in [0.15, 0.2) is 0 Å². The molecule has 1 rings (SSSR count). The van der Waals surface area contributed by atoms with Gasteiger partial charge in [-0.25, -0.2) is 4.79 Å². The van der Waals surface area contributed by atoms with Crippen LogP contribution < -0.4 is 11.1 Å². The van der Waals surface area contributed by atoms with Crippen molar-refractivity contribution in [3.8, 4) is 0 Å². The first-order valence-corrected chi connectivity index (χ1v) is 7.18. The van der Waals surface area contributed by atoms with Crippen LogP contribution in [0.1, 0.15) is 46.5 Å². The molecule has 0 radical (unpaired) electrons. The first-order chi connectivity index (χ1) is 8.90. The molecule has 1 heterocycles. The summed E-state index contributed by atoms with van der Waals surface area (Å²) in [7, 11) is 0. The summed E-state index contributed by atoms with van der Waals surface area (Å²) in [4.78, 5) is 11.7. The Balaban J connectivity index is 2.37. The lowest BCUT2D eigenvalue weighted by molar-refractivity contribution is 0.0488. The van der Waals surface area contributed by atoms with Gasteiger partial charge in [0.25, 0.3) is 0 Å². The van der Waals surface area contributed by atoms with Gasteiger partial charge in [0.1, 0.15) is 5.60 Å². The van der Waals surface area contributed by atoms with Crippen LogP contribution >= 0.6 is 0 Å². The van der Waals surface area contributed by atoms with Crippen molar-refractivity contribution in [2.45, 2.75) is 58.1 Å². The molecule has 0 unspecified atom stereocenters. The summed E-state index contributed by atoms with van der Waals surface area (Å²) in [5.74, 6) is 0.478. The Bertz CT molecular complexity index is 268. The maximum absolute atomic E-state index is 11.7. The third-order valence-electron chi connectivity index (χ3n) is 3.13. The number of hydrogen-bond donors (Lipinski definition) is 2. The van der Waals surface area contributed by atoms with Crippen molar-refractivity contribution >= 4 is 6.09 Å². The summed E-state index contributed by atoms with van der Waals surface area (Å²) in [6.07, 6.45) is 3.93. The molecule has 112 valence electrons. The van der Waals surface area contributed by atoms with Crippen molar-refractivity contribution in [2.24, 2.45) is 11.7 Å². The monoisotopic (exact) mass is 272 g/mol. The molecule has 1 fully saturated rings. The van der Waals surface area contributed by atoms with Crippen LogP contribution in [0.4, 0.5) is 4.79 Å². The minimum Gasteiger partial charge on any atom is -0.444 e. The fraction of sp³-hybridized carbons (Fsp3) is 0.929. The molecule has 5 heteroatoms. The maximum atomic E-state index is 11.7. The standard InChI is InChI=1S/C14H28N2O3/c1-14(2,3)19-13(17)16-12(9-15)8-11-6-4-5-7-18-10-11/h11-12H,4-10,15H2,1-3H3,(H,16,17)/t11-,12+/m1/s1. The number of nitrogens with one attached hydrogen (secondary N) is 1. The number of carbonyl (C=O) groups is 1. The number of alkyl carbamates (subject to hydrolysis) is 1. The second-order valence-corrected chi connectivity index (χ2v) is 6.25. The van der Waals surface area contributed by atoms with E-state index in [-0.39, 0.29) is 6.04 Å². The van der Waals surface area contributed by atoms with Crippen molar-refractivity contribution in [3.63, 3.8) is 0 Å². The van der Waals surface area contributed by atoms with Crippen LogP contribution in [0, 0.1) is 5.92 Å². The molecule has 0 spiro atoms. The molecule has 0 saturated carbocycles. The summed E-state index contributed by atoms with van der Waals surface area (Å²) >= 11 is 0. The van der Waals surface area contributed by atoms with Gasteiger partial charge in [-0.05, 0) is 46.0 Å². The highest BCUT2D eigenvalue weighted by Crippen LogP contribution is 2.19. The summed E-state index contributed by atoms with van der Waals surface area (Å²) in [6, 6.07) is -0.0402. The van der Waals surface area contributed by atoms with Crippen LogP contribution in [0.25, 0.3) is 0 Å². The molecule has 0 aromatic rings. The van der Waals surface area contributed by atoms with Gasteiger partial charge in [-0.15, -0.1) is 0 Å². The summed E-state index contributed by atoms with van der Waals surface area (Å²) in [5, 5.41) is 2.85. The molecule has 1 aliphatic rings. The molecule has 19 heavy (non-hydrogen) atoms. The van der Waals surface area contributed by atoms with E-state index in [9.17, 15) is 4.79 Å². The van der Waals surface area contributed by atoms with Gasteiger partial charge in [0, 0.05) is 25.8 Å². The zero-order valence-electron chi connectivity index (χ0n) is 12.4. The van der Waals surface area contributed by atoms with Crippen molar-refractivity contribution in [1.82, 2.24) is 5.32 Å². The van der Waals surface area contributed by atoms with Gasteiger partial charge in [0.2, 0.25) is 0 Å². The number of hydrogen-bond acceptors (Lipinski definition) is 4. The fourth-order valence-corrected chi connectivity index (χ4v) is 2.25. The Hall–Kier alpha value is -0.810. The lowest BCUT2D eigenvalue weighted by Crippen LogP contribution is -2.44. The minimum atomic E-state index is -0.478. The predicted molar refractivity (Wildman–Crippen MR) is 75.0 cm³/mol. The molecule has 1 aliphatic heterocycles. The second kappa shape index (κ2) is 7.70. The molecule has 1 amide bonds. The Morgan fingerprint density at radius 1 is 1.47 bits per heavy atom. The molecule has 0 aliphatic carbocycles. The van der Waals surface area contributed by atoms with E-state index in [2.05, 4.69) is 5.32 Å². The average Bonchev–Trinajstić information content (AvgIpc) is 2.54. The SMILES string of the molecule is CC(C)(C)OC(=O)N[C@H](CN)C[C@H]1CCCCOC1. The molecular formula is C14H28N2O3. The van der Waals surface area contributed by atoms with Crippen molar-refractivity contribution < 1.29 is 14.3 Å². The summed E-state index contributed by atoms with van der Waals surface area (Å²) in [5.41, 5.74) is 5.25. The number of amides is 1. The lowest BCUT2D eigenvalue weighted by Gasteiger charge is -2.25. The molecule has 0 aromatic carbocycles. The van der Waals surface area contributed by atoms with Gasteiger partial charge in [-0.2, -0.15) is 0 Å². The van der Waals surface area contributed by atoms with Crippen molar-refractivity contribution in [2.75, 3.05) is 19.8 Å². The molecule has 1 saturated heterocycles. The van der Waals surface area contributed by atoms with Crippen LogP contribution in [0.15, 0.2) is 0 Å². The number of nitrogens with two attached hydrogens (primary N) is 1. The smallest absolute Gasteiger partial charge is 0.407 e. The Labute approximate surface area is 116 Å². The summed E-state index contributed by atoms with van der Waals surface area (Å²) in [6.45, 7) is 7.60. The Morgan fingerprint density at radius 3 is 2.84 bits per heavy atom. The fourth-order valence-electron chi connectivity index (χ4n) is 2.25. The van der Waals surface area contributed by atoms with E-state index in [0.29, 0.717) is 12.5 Å². The van der Waals surface area contributed by atoms with Crippen LogP contribution in [0.2, 0.25) is 0 Å². The van der Waals surface area contributed by atoms with Gasteiger partial charge in [-0.1, -0.05) is 6.42 Å². The number of ether oxygens (including phenoxy) is 2. The normalized spacial score (nSPS) is 22.4. The van der Waals surface area contributed by atoms with Gasteiger partial charge in [0.05, 0.1) is 0 Å². The van der Waals surface area contributed by atoms with Crippen LogP contribution in [0.3, 0.4) is 0 Å². The van der Waals surface area contributed by atoms with Crippen LogP contribution in [-0.4, -0.2) is 37.5 Å². The quantitative estimate of drug-likeness (QED) is 0.821. The van der Waals surface area contributed by atoms with E-state index in [1.165, 1.54) is 6.42 Å². The molecular weight excluding hydrogens is 244 g/mol.